The molecular weight excluding hydrogens is 285 g/mol. The topological polar surface area (TPSA) is 66.5 Å². The van der Waals surface area contributed by atoms with E-state index in [9.17, 15) is 4.39 Å². The first-order chi connectivity index (χ1) is 10.6. The molecular formula is C15H20FN5O. The summed E-state index contributed by atoms with van der Waals surface area (Å²) < 4.78 is 18.0. The number of benzene rings is 1. The average Bonchev–Trinajstić information content (AvgIpc) is 2.91. The molecule has 0 saturated carbocycles. The second-order valence-corrected chi connectivity index (χ2v) is 4.94. The minimum Gasteiger partial charge on any atom is -0.356 e. The van der Waals surface area contributed by atoms with E-state index in [1.165, 1.54) is 12.1 Å². The third kappa shape index (κ3) is 4.54. The van der Waals surface area contributed by atoms with Crippen molar-refractivity contribution in [3.63, 3.8) is 0 Å². The van der Waals surface area contributed by atoms with E-state index in [-0.39, 0.29) is 5.82 Å². The van der Waals surface area contributed by atoms with Gasteiger partial charge in [-0.15, -0.1) is 0 Å². The van der Waals surface area contributed by atoms with Crippen LogP contribution in [-0.2, 0) is 13.0 Å². The van der Waals surface area contributed by atoms with Gasteiger partial charge < -0.3 is 14.7 Å². The van der Waals surface area contributed by atoms with E-state index in [0.29, 0.717) is 31.2 Å². The first kappa shape index (κ1) is 15.9. The zero-order valence-electron chi connectivity index (χ0n) is 13.0. The van der Waals surface area contributed by atoms with Gasteiger partial charge in [-0.2, -0.15) is 4.98 Å². The number of nitrogens with zero attached hydrogens (tertiary/aromatic N) is 4. The molecule has 6 nitrogen and oxygen atoms in total. The van der Waals surface area contributed by atoms with Crippen molar-refractivity contribution in [3.05, 3.63) is 47.4 Å². The first-order valence-electron chi connectivity index (χ1n) is 7.04. The lowest BCUT2D eigenvalue weighted by Gasteiger charge is -2.22. The molecule has 0 aliphatic carbocycles. The molecule has 0 aliphatic rings. The fraction of sp³-hybridized carbons (Fsp3) is 0.400. The van der Waals surface area contributed by atoms with E-state index in [1.54, 1.807) is 26.1 Å². The van der Waals surface area contributed by atoms with E-state index in [0.717, 1.165) is 11.5 Å². The molecule has 2 rings (SSSR count). The van der Waals surface area contributed by atoms with Crippen molar-refractivity contribution in [2.75, 3.05) is 20.6 Å². The number of rotatable bonds is 5. The monoisotopic (exact) mass is 305 g/mol. The third-order valence-corrected chi connectivity index (χ3v) is 3.10. The van der Waals surface area contributed by atoms with Crippen LogP contribution >= 0.6 is 0 Å². The van der Waals surface area contributed by atoms with Gasteiger partial charge in [-0.1, -0.05) is 17.3 Å². The van der Waals surface area contributed by atoms with Crippen LogP contribution < -0.4 is 5.32 Å². The van der Waals surface area contributed by atoms with E-state index in [1.807, 2.05) is 11.9 Å². The SMILES string of the molecule is CN=C(NCCc1nc(C)no1)N(C)Cc1ccc(F)cc1. The summed E-state index contributed by atoms with van der Waals surface area (Å²) in [6, 6.07) is 6.44. The van der Waals surface area contributed by atoms with E-state index in [2.05, 4.69) is 20.4 Å². The van der Waals surface area contributed by atoms with E-state index < -0.39 is 0 Å². The lowest BCUT2D eigenvalue weighted by atomic mass is 10.2. The van der Waals surface area contributed by atoms with Crippen LogP contribution in [0.4, 0.5) is 4.39 Å². The summed E-state index contributed by atoms with van der Waals surface area (Å²) in [6.45, 7) is 3.07. The zero-order valence-corrected chi connectivity index (χ0v) is 13.0. The van der Waals surface area contributed by atoms with Gasteiger partial charge in [0.05, 0.1) is 0 Å². The lowest BCUT2D eigenvalue weighted by molar-refractivity contribution is 0.373. The molecule has 0 saturated heterocycles. The Kier molecular flexibility index (Phi) is 5.46. The predicted molar refractivity (Wildman–Crippen MR) is 82.0 cm³/mol. The minimum absolute atomic E-state index is 0.233. The number of hydrogen-bond acceptors (Lipinski definition) is 4. The van der Waals surface area contributed by atoms with Crippen molar-refractivity contribution in [3.8, 4) is 0 Å². The van der Waals surface area contributed by atoms with Crippen LogP contribution in [-0.4, -0.2) is 41.6 Å². The molecule has 7 heteroatoms. The van der Waals surface area contributed by atoms with Gasteiger partial charge in [0.2, 0.25) is 5.89 Å². The van der Waals surface area contributed by atoms with Crippen LogP contribution in [0.5, 0.6) is 0 Å². The van der Waals surface area contributed by atoms with Gasteiger partial charge >= 0.3 is 0 Å². The second-order valence-electron chi connectivity index (χ2n) is 4.94. The van der Waals surface area contributed by atoms with Crippen LogP contribution in [0.3, 0.4) is 0 Å². The molecule has 1 heterocycles. The van der Waals surface area contributed by atoms with E-state index >= 15 is 0 Å². The molecule has 0 amide bonds. The summed E-state index contributed by atoms with van der Waals surface area (Å²) >= 11 is 0. The van der Waals surface area contributed by atoms with Gasteiger partial charge in [0.15, 0.2) is 11.8 Å². The molecule has 2 aromatic rings. The summed E-state index contributed by atoms with van der Waals surface area (Å²) in [5.41, 5.74) is 1.01. The van der Waals surface area contributed by atoms with Crippen molar-refractivity contribution in [2.24, 2.45) is 4.99 Å². The molecule has 0 unspecified atom stereocenters. The number of halogens is 1. The van der Waals surface area contributed by atoms with Gasteiger partial charge in [0, 0.05) is 33.6 Å². The average molecular weight is 305 g/mol. The smallest absolute Gasteiger partial charge is 0.228 e. The molecule has 1 N–H and O–H groups in total. The number of aromatic nitrogens is 2. The second kappa shape index (κ2) is 7.53. The van der Waals surface area contributed by atoms with Crippen LogP contribution in [0.25, 0.3) is 0 Å². The highest BCUT2D eigenvalue weighted by Gasteiger charge is 2.08. The highest BCUT2D eigenvalue weighted by molar-refractivity contribution is 5.79. The molecule has 0 bridgehead atoms. The molecule has 0 fully saturated rings. The van der Waals surface area contributed by atoms with Crippen LogP contribution in [0.1, 0.15) is 17.3 Å². The third-order valence-electron chi connectivity index (χ3n) is 3.10. The number of hydrogen-bond donors (Lipinski definition) is 1. The fourth-order valence-corrected chi connectivity index (χ4v) is 2.05. The maximum absolute atomic E-state index is 12.9. The summed E-state index contributed by atoms with van der Waals surface area (Å²) in [6.07, 6.45) is 0.629. The Bertz CT molecular complexity index is 623. The van der Waals surface area contributed by atoms with Crippen molar-refractivity contribution in [1.29, 1.82) is 0 Å². The Hall–Kier alpha value is -2.44. The number of aliphatic imine (C=N–C) groups is 1. The van der Waals surface area contributed by atoms with Crippen molar-refractivity contribution in [1.82, 2.24) is 20.4 Å². The molecule has 0 aliphatic heterocycles. The quantitative estimate of drug-likeness (QED) is 0.673. The van der Waals surface area contributed by atoms with Gasteiger partial charge in [-0.05, 0) is 24.6 Å². The Labute approximate surface area is 129 Å². The van der Waals surface area contributed by atoms with Gasteiger partial charge in [-0.25, -0.2) is 4.39 Å². The summed E-state index contributed by atoms with van der Waals surface area (Å²) in [5, 5.41) is 6.98. The first-order valence-corrected chi connectivity index (χ1v) is 7.04. The lowest BCUT2D eigenvalue weighted by Crippen LogP contribution is -2.39. The van der Waals surface area contributed by atoms with Crippen LogP contribution in [0.2, 0.25) is 0 Å². The predicted octanol–water partition coefficient (Wildman–Crippen LogP) is 1.77. The Morgan fingerprint density at radius 3 is 2.68 bits per heavy atom. The largest absolute Gasteiger partial charge is 0.356 e. The molecule has 1 aromatic heterocycles. The molecule has 1 aromatic carbocycles. The van der Waals surface area contributed by atoms with Crippen LogP contribution in [0, 0.1) is 12.7 Å². The molecule has 22 heavy (non-hydrogen) atoms. The van der Waals surface area contributed by atoms with E-state index in [4.69, 9.17) is 4.52 Å². The minimum atomic E-state index is -0.233. The molecule has 0 spiro atoms. The number of guanidine groups is 1. The summed E-state index contributed by atoms with van der Waals surface area (Å²) in [7, 11) is 3.65. The molecule has 0 atom stereocenters. The number of nitrogens with one attached hydrogen (secondary N) is 1. The Morgan fingerprint density at radius 1 is 1.36 bits per heavy atom. The van der Waals surface area contributed by atoms with Crippen LogP contribution in [0.15, 0.2) is 33.8 Å². The Balaban J connectivity index is 1.83. The van der Waals surface area contributed by atoms with Crippen molar-refractivity contribution in [2.45, 2.75) is 19.9 Å². The highest BCUT2D eigenvalue weighted by Crippen LogP contribution is 2.05. The molecule has 118 valence electrons. The molecule has 0 radical (unpaired) electrons. The highest BCUT2D eigenvalue weighted by atomic mass is 19.1. The van der Waals surface area contributed by atoms with Gasteiger partial charge in [-0.3, -0.25) is 4.99 Å². The summed E-state index contributed by atoms with van der Waals surface area (Å²) in [4.78, 5) is 10.3. The fourth-order valence-electron chi connectivity index (χ4n) is 2.05. The van der Waals surface area contributed by atoms with Gasteiger partial charge in [0.25, 0.3) is 0 Å². The maximum Gasteiger partial charge on any atom is 0.228 e. The Morgan fingerprint density at radius 2 is 2.09 bits per heavy atom. The standard InChI is InChI=1S/C15H20FN5O/c1-11-19-14(22-20-11)8-9-18-15(17-2)21(3)10-12-4-6-13(16)7-5-12/h4-7H,8-10H2,1-3H3,(H,17,18). The van der Waals surface area contributed by atoms with Crippen molar-refractivity contribution < 1.29 is 8.91 Å². The maximum atomic E-state index is 12.9. The number of aryl methyl sites for hydroxylation is 1. The normalized spacial score (nSPS) is 11.5. The van der Waals surface area contributed by atoms with Gasteiger partial charge in [0.1, 0.15) is 5.82 Å². The zero-order chi connectivity index (χ0) is 15.9. The van der Waals surface area contributed by atoms with Crippen molar-refractivity contribution >= 4 is 5.96 Å². The summed E-state index contributed by atoms with van der Waals surface area (Å²) in [5.74, 6) is 1.75.